The van der Waals surface area contributed by atoms with Crippen LogP contribution in [0.1, 0.15) is 163 Å². The van der Waals surface area contributed by atoms with Crippen molar-refractivity contribution < 1.29 is 46.0 Å². The van der Waals surface area contributed by atoms with E-state index in [0.717, 1.165) is 38.5 Å². The molecule has 0 aromatic carbocycles. The summed E-state index contributed by atoms with van der Waals surface area (Å²) in [7, 11) is 0. The molecule has 0 fully saturated rings. The molecule has 0 saturated carbocycles. The molecule has 5 N–H and O–H groups in total. The second-order valence-electron chi connectivity index (χ2n) is 12.0. The number of esters is 2. The molecule has 0 radical (unpaired) electrons. The largest absolute Gasteiger partial charge is 0.463 e. The second-order valence-corrected chi connectivity index (χ2v) is 12.0. The van der Waals surface area contributed by atoms with Crippen LogP contribution in [0.25, 0.3) is 0 Å². The first-order valence-corrected chi connectivity index (χ1v) is 17.3. The van der Waals surface area contributed by atoms with Crippen LogP contribution in [0.3, 0.4) is 0 Å². The highest BCUT2D eigenvalue weighted by atomic mass is 16.6. The van der Waals surface area contributed by atoms with E-state index in [9.17, 15) is 30.0 Å². The molecule has 0 spiro atoms. The topological polar surface area (TPSA) is 154 Å². The van der Waals surface area contributed by atoms with E-state index in [0.29, 0.717) is 19.3 Å². The molecule has 0 aliphatic rings. The van der Waals surface area contributed by atoms with E-state index < -0.39 is 62.1 Å². The maximum Gasteiger partial charge on any atom is 0.309 e. The molecule has 0 rings (SSSR count). The molecule has 0 aliphatic heterocycles. The summed E-state index contributed by atoms with van der Waals surface area (Å²) in [6.45, 7) is 2.85. The summed E-state index contributed by atoms with van der Waals surface area (Å²) in [5.41, 5.74) is 0. The lowest BCUT2D eigenvalue weighted by Gasteiger charge is -2.25. The van der Waals surface area contributed by atoms with Gasteiger partial charge in [-0.3, -0.25) is 9.59 Å². The first-order valence-electron chi connectivity index (χ1n) is 17.9. The van der Waals surface area contributed by atoms with Crippen LogP contribution in [-0.2, 0) is 19.1 Å². The SMILES string of the molecule is [2H]C(C(=O)OC[C@H](O)[C@@H](O)[C@H](O)[C@H](O)CO)[C@@H](CCCCCCCCCCC)OC(=O)CCCCCCCCCCCCC. The highest BCUT2D eigenvalue weighted by molar-refractivity contribution is 5.72. The lowest BCUT2D eigenvalue weighted by Crippen LogP contribution is -2.47. The lowest BCUT2D eigenvalue weighted by atomic mass is 10.0. The highest BCUT2D eigenvalue weighted by Crippen LogP contribution is 2.17. The zero-order valence-corrected chi connectivity index (χ0v) is 27.3. The molecule has 0 amide bonds. The molecule has 256 valence electrons. The summed E-state index contributed by atoms with van der Waals surface area (Å²) in [4.78, 5) is 25.2. The molecule has 0 aromatic heterocycles. The van der Waals surface area contributed by atoms with Gasteiger partial charge in [0, 0.05) is 7.79 Å². The number of hydrogen-bond acceptors (Lipinski definition) is 9. The smallest absolute Gasteiger partial charge is 0.309 e. The van der Waals surface area contributed by atoms with Gasteiger partial charge in [-0.05, 0) is 19.3 Å². The van der Waals surface area contributed by atoms with E-state index in [1.165, 1.54) is 77.0 Å². The fourth-order valence-electron chi connectivity index (χ4n) is 5.02. The van der Waals surface area contributed by atoms with Crippen molar-refractivity contribution in [2.24, 2.45) is 0 Å². The Bertz CT molecular complexity index is 681. The van der Waals surface area contributed by atoms with Crippen molar-refractivity contribution in [1.29, 1.82) is 0 Å². The Hall–Kier alpha value is -1.26. The second kappa shape index (κ2) is 29.5. The molecule has 0 saturated heterocycles. The van der Waals surface area contributed by atoms with Crippen LogP contribution >= 0.6 is 0 Å². The van der Waals surface area contributed by atoms with Gasteiger partial charge in [0.1, 0.15) is 37.1 Å². The van der Waals surface area contributed by atoms with Crippen molar-refractivity contribution in [3.63, 3.8) is 0 Å². The Morgan fingerprint density at radius 2 is 1.02 bits per heavy atom. The van der Waals surface area contributed by atoms with E-state index in [-0.39, 0.29) is 6.42 Å². The molecule has 9 heteroatoms. The Balaban J connectivity index is 4.67. The van der Waals surface area contributed by atoms with Gasteiger partial charge in [-0.1, -0.05) is 129 Å². The van der Waals surface area contributed by atoms with Crippen molar-refractivity contribution in [3.8, 4) is 0 Å². The van der Waals surface area contributed by atoms with E-state index in [1.54, 1.807) is 0 Å². The minimum atomic E-state index is -1.88. The standard InChI is InChI=1S/C34H66O9/c1-3-5-7-9-11-13-14-16-18-20-22-24-31(38)43-28(23-21-19-17-15-12-10-8-6-4-2)25-32(39)42-27-30(37)34(41)33(40)29(36)26-35/h28-30,33-37,40-41H,3-27H2,1-2H3/t28-,29-,30+,33-,34-/m1/s1/i25D/t25?,28-,29-,30+,33-,34-. The molecule has 43 heavy (non-hydrogen) atoms. The number of ether oxygens (including phenoxy) is 2. The van der Waals surface area contributed by atoms with E-state index in [2.05, 4.69) is 13.8 Å². The van der Waals surface area contributed by atoms with Crippen molar-refractivity contribution >= 4 is 11.9 Å². The molecule has 1 unspecified atom stereocenters. The summed E-state index contributed by atoms with van der Waals surface area (Å²) >= 11 is 0. The van der Waals surface area contributed by atoms with E-state index in [1.807, 2.05) is 0 Å². The molecular weight excluding hydrogens is 552 g/mol. The van der Waals surface area contributed by atoms with Crippen LogP contribution in [0.4, 0.5) is 0 Å². The van der Waals surface area contributed by atoms with Gasteiger partial charge in [0.05, 0.1) is 13.0 Å². The highest BCUT2D eigenvalue weighted by Gasteiger charge is 2.31. The molecular formula is C34H66O9. The quantitative estimate of drug-likeness (QED) is 0.0472. The van der Waals surface area contributed by atoms with Gasteiger partial charge < -0.3 is 35.0 Å². The van der Waals surface area contributed by atoms with Crippen LogP contribution < -0.4 is 0 Å². The summed E-state index contributed by atoms with van der Waals surface area (Å²) in [5.74, 6) is -1.46. The number of aliphatic hydroxyl groups is 5. The minimum Gasteiger partial charge on any atom is -0.463 e. The maximum absolute atomic E-state index is 12.6. The van der Waals surface area contributed by atoms with Crippen LogP contribution in [-0.4, -0.2) is 81.2 Å². The van der Waals surface area contributed by atoms with Crippen LogP contribution in [0.5, 0.6) is 0 Å². The van der Waals surface area contributed by atoms with Gasteiger partial charge in [-0.2, -0.15) is 0 Å². The van der Waals surface area contributed by atoms with E-state index >= 15 is 0 Å². The summed E-state index contributed by atoms with van der Waals surface area (Å²) in [5, 5.41) is 48.1. The molecule has 0 aliphatic carbocycles. The number of aliphatic hydroxyl groups excluding tert-OH is 5. The van der Waals surface area contributed by atoms with Crippen molar-refractivity contribution in [2.75, 3.05) is 13.2 Å². The summed E-state index contributed by atoms with van der Waals surface area (Å²) in [6, 6.07) is 0. The van der Waals surface area contributed by atoms with Gasteiger partial charge in [0.25, 0.3) is 0 Å². The number of hydrogen-bond donors (Lipinski definition) is 5. The first kappa shape index (κ1) is 39.8. The fraction of sp³-hybridized carbons (Fsp3) is 0.941. The van der Waals surface area contributed by atoms with Crippen molar-refractivity contribution in [2.45, 2.75) is 192 Å². The third-order valence-electron chi connectivity index (χ3n) is 7.90. The average molecular weight is 620 g/mol. The number of carbonyl (C=O) groups is 2. The molecule has 0 heterocycles. The van der Waals surface area contributed by atoms with Crippen LogP contribution in [0, 0.1) is 0 Å². The Kier molecular flexibility index (Phi) is 27.2. The van der Waals surface area contributed by atoms with E-state index in [4.69, 9.17) is 16.0 Å². The van der Waals surface area contributed by atoms with Gasteiger partial charge in [-0.15, -0.1) is 0 Å². The Morgan fingerprint density at radius 1 is 0.605 bits per heavy atom. The predicted octanol–water partition coefficient (Wildman–Crippen LogP) is 5.89. The number of carbonyl (C=O) groups excluding carboxylic acids is 2. The fourth-order valence-corrected chi connectivity index (χ4v) is 5.02. The average Bonchev–Trinajstić information content (AvgIpc) is 3.02. The molecule has 0 aromatic rings. The van der Waals surface area contributed by atoms with Crippen LogP contribution in [0.2, 0.25) is 0 Å². The monoisotopic (exact) mass is 619 g/mol. The third-order valence-corrected chi connectivity index (χ3v) is 7.90. The van der Waals surface area contributed by atoms with Gasteiger partial charge in [-0.25, -0.2) is 0 Å². The Labute approximate surface area is 263 Å². The van der Waals surface area contributed by atoms with Gasteiger partial charge >= 0.3 is 11.9 Å². The zero-order chi connectivity index (χ0) is 33.0. The van der Waals surface area contributed by atoms with Crippen molar-refractivity contribution in [3.05, 3.63) is 0 Å². The summed E-state index contributed by atoms with van der Waals surface area (Å²) in [6.07, 6.45) is 13.6. The maximum atomic E-state index is 12.6. The van der Waals surface area contributed by atoms with Crippen LogP contribution in [0.15, 0.2) is 0 Å². The van der Waals surface area contributed by atoms with Gasteiger partial charge in [0.15, 0.2) is 0 Å². The predicted molar refractivity (Wildman–Crippen MR) is 169 cm³/mol. The zero-order valence-electron chi connectivity index (χ0n) is 28.3. The number of rotatable bonds is 31. The third kappa shape index (κ3) is 24.7. The Morgan fingerprint density at radius 3 is 1.49 bits per heavy atom. The summed E-state index contributed by atoms with van der Waals surface area (Å²) < 4.78 is 19.0. The normalized spacial score (nSPS) is 16.1. The minimum absolute atomic E-state index is 0.225. The number of unbranched alkanes of at least 4 members (excludes halogenated alkanes) is 18. The molecule has 6 atom stereocenters. The molecule has 9 nitrogen and oxygen atoms in total. The van der Waals surface area contributed by atoms with Crippen molar-refractivity contribution in [1.82, 2.24) is 0 Å². The van der Waals surface area contributed by atoms with Gasteiger partial charge in [0.2, 0.25) is 0 Å². The molecule has 0 bridgehead atoms. The lowest BCUT2D eigenvalue weighted by molar-refractivity contribution is -0.162. The first-order chi connectivity index (χ1) is 21.2.